The molecule has 4 rings (SSSR count). The monoisotopic (exact) mass is 416 g/mol. The van der Waals surface area contributed by atoms with Crippen LogP contribution in [0.1, 0.15) is 105 Å². The molecule has 0 saturated heterocycles. The molecule has 4 aliphatic carbocycles. The van der Waals surface area contributed by atoms with Crippen molar-refractivity contribution in [2.24, 2.45) is 46.3 Å². The average Bonchev–Trinajstić information content (AvgIpc) is 3.03. The summed E-state index contributed by atoms with van der Waals surface area (Å²) in [5, 5.41) is 0. The van der Waals surface area contributed by atoms with Crippen LogP contribution in [0.4, 0.5) is 0 Å². The van der Waals surface area contributed by atoms with Gasteiger partial charge in [-0.15, -0.1) is 0 Å². The molecule has 0 radical (unpaired) electrons. The Bertz CT molecular complexity index is 669. The highest BCUT2D eigenvalue weighted by Gasteiger charge is 2.60. The summed E-state index contributed by atoms with van der Waals surface area (Å²) in [5.41, 5.74) is 0.846. The van der Waals surface area contributed by atoms with Crippen LogP contribution in [0.15, 0.2) is 0 Å². The standard InChI is InChI=1S/C27H44O3/c1-17(2)30-25(29)11-6-18(3)22-9-10-23-21-8-7-19-16-20(28)12-14-26(19,4)24(21)13-15-27(22,23)5/h17-19,21-24H,6-16H2,1-5H3/t18-,19?,21?,22?,23?,24?,26+,27-/m1/s1. The number of hydrogen-bond donors (Lipinski definition) is 0. The molecule has 4 saturated carbocycles. The molecule has 0 amide bonds. The van der Waals surface area contributed by atoms with E-state index in [0.717, 1.165) is 49.4 Å². The molecule has 0 aromatic rings. The third-order valence-electron chi connectivity index (χ3n) is 10.4. The largest absolute Gasteiger partial charge is 0.463 e. The molecule has 170 valence electrons. The number of Topliss-reactive ketones (excluding diaryl/α,β-unsaturated/α-hetero) is 1. The molecule has 0 N–H and O–H groups in total. The minimum absolute atomic E-state index is 0.0111. The van der Waals surface area contributed by atoms with Crippen molar-refractivity contribution in [1.82, 2.24) is 0 Å². The van der Waals surface area contributed by atoms with Gasteiger partial charge in [-0.3, -0.25) is 9.59 Å². The highest BCUT2D eigenvalue weighted by Crippen LogP contribution is 2.68. The third kappa shape index (κ3) is 3.77. The second-order valence-corrected chi connectivity index (χ2v) is 12.2. The van der Waals surface area contributed by atoms with Crippen molar-refractivity contribution < 1.29 is 14.3 Å². The van der Waals surface area contributed by atoms with E-state index in [-0.39, 0.29) is 12.1 Å². The quantitative estimate of drug-likeness (QED) is 0.475. The van der Waals surface area contributed by atoms with Crippen LogP contribution in [0.3, 0.4) is 0 Å². The van der Waals surface area contributed by atoms with Crippen LogP contribution in [-0.4, -0.2) is 17.9 Å². The zero-order valence-corrected chi connectivity index (χ0v) is 20.0. The Hall–Kier alpha value is -0.860. The van der Waals surface area contributed by atoms with Crippen molar-refractivity contribution in [2.75, 3.05) is 0 Å². The first kappa shape index (κ1) is 22.3. The summed E-state index contributed by atoms with van der Waals surface area (Å²) in [6.45, 7) is 11.4. The van der Waals surface area contributed by atoms with Crippen molar-refractivity contribution in [3.8, 4) is 0 Å². The van der Waals surface area contributed by atoms with Crippen LogP contribution >= 0.6 is 0 Å². The Labute approximate surface area is 184 Å². The van der Waals surface area contributed by atoms with Gasteiger partial charge in [-0.25, -0.2) is 0 Å². The van der Waals surface area contributed by atoms with Gasteiger partial charge in [-0.2, -0.15) is 0 Å². The SMILES string of the molecule is CC(C)OC(=O)CC[C@@H](C)C1CCC2C3CCC4CC(=O)CC[C@]4(C)C3CC[C@@]21C. The maximum atomic E-state index is 12.1. The average molecular weight is 417 g/mol. The molecular weight excluding hydrogens is 372 g/mol. The van der Waals surface area contributed by atoms with Crippen molar-refractivity contribution in [3.63, 3.8) is 0 Å². The molecule has 0 heterocycles. The zero-order chi connectivity index (χ0) is 21.7. The van der Waals surface area contributed by atoms with E-state index in [1.54, 1.807) is 0 Å². The molecule has 3 heteroatoms. The van der Waals surface area contributed by atoms with E-state index in [1.807, 2.05) is 13.8 Å². The third-order valence-corrected chi connectivity index (χ3v) is 10.4. The van der Waals surface area contributed by atoms with E-state index in [0.29, 0.717) is 34.9 Å². The molecule has 0 aromatic carbocycles. The lowest BCUT2D eigenvalue weighted by molar-refractivity contribution is -0.148. The summed E-state index contributed by atoms with van der Waals surface area (Å²) >= 11 is 0. The molecule has 4 fully saturated rings. The maximum Gasteiger partial charge on any atom is 0.306 e. The van der Waals surface area contributed by atoms with Crippen LogP contribution in [0.5, 0.6) is 0 Å². The first-order valence-corrected chi connectivity index (χ1v) is 12.9. The lowest BCUT2D eigenvalue weighted by Gasteiger charge is -2.60. The maximum absolute atomic E-state index is 12.1. The summed E-state index contributed by atoms with van der Waals surface area (Å²) in [6.07, 6.45) is 12.4. The van der Waals surface area contributed by atoms with Gasteiger partial charge >= 0.3 is 5.97 Å². The van der Waals surface area contributed by atoms with Gasteiger partial charge in [0.05, 0.1) is 6.10 Å². The summed E-state index contributed by atoms with van der Waals surface area (Å²) in [4.78, 5) is 24.2. The van der Waals surface area contributed by atoms with Crippen LogP contribution in [0.2, 0.25) is 0 Å². The van der Waals surface area contributed by atoms with Gasteiger partial charge in [-0.05, 0) is 112 Å². The van der Waals surface area contributed by atoms with Gasteiger partial charge in [0.2, 0.25) is 0 Å². The Morgan fingerprint density at radius 2 is 1.73 bits per heavy atom. The summed E-state index contributed by atoms with van der Waals surface area (Å²) in [6, 6.07) is 0. The van der Waals surface area contributed by atoms with Gasteiger partial charge in [0.15, 0.2) is 0 Å². The summed E-state index contributed by atoms with van der Waals surface area (Å²) in [7, 11) is 0. The molecule has 3 nitrogen and oxygen atoms in total. The van der Waals surface area contributed by atoms with Crippen LogP contribution in [0, 0.1) is 46.3 Å². The molecule has 5 unspecified atom stereocenters. The lowest BCUT2D eigenvalue weighted by Crippen LogP contribution is -2.53. The highest BCUT2D eigenvalue weighted by atomic mass is 16.5. The fourth-order valence-electron chi connectivity index (χ4n) is 8.89. The van der Waals surface area contributed by atoms with E-state index in [4.69, 9.17) is 4.74 Å². The number of rotatable bonds is 5. The predicted molar refractivity (Wildman–Crippen MR) is 120 cm³/mol. The summed E-state index contributed by atoms with van der Waals surface area (Å²) in [5.74, 6) is 5.01. The molecule has 0 aromatic heterocycles. The number of esters is 1. The van der Waals surface area contributed by atoms with E-state index in [1.165, 1.54) is 38.5 Å². The van der Waals surface area contributed by atoms with E-state index < -0.39 is 0 Å². The van der Waals surface area contributed by atoms with Gasteiger partial charge in [0, 0.05) is 19.3 Å². The first-order chi connectivity index (χ1) is 14.1. The topological polar surface area (TPSA) is 43.4 Å². The van der Waals surface area contributed by atoms with Gasteiger partial charge in [-0.1, -0.05) is 20.8 Å². The minimum Gasteiger partial charge on any atom is -0.463 e. The Kier molecular flexibility index (Phi) is 6.14. The van der Waals surface area contributed by atoms with Crippen LogP contribution < -0.4 is 0 Å². The van der Waals surface area contributed by atoms with E-state index in [2.05, 4.69) is 20.8 Å². The number of ketones is 1. The first-order valence-electron chi connectivity index (χ1n) is 12.9. The second-order valence-electron chi connectivity index (χ2n) is 12.2. The van der Waals surface area contributed by atoms with E-state index >= 15 is 0 Å². The predicted octanol–water partition coefficient (Wildman–Crippen LogP) is 6.58. The number of fused-ring (bicyclic) bond motifs is 5. The smallest absolute Gasteiger partial charge is 0.306 e. The second kappa shape index (κ2) is 8.24. The van der Waals surface area contributed by atoms with Crippen molar-refractivity contribution >= 4 is 11.8 Å². The van der Waals surface area contributed by atoms with Crippen molar-refractivity contribution in [1.29, 1.82) is 0 Å². The Morgan fingerprint density at radius 1 is 1.00 bits per heavy atom. The summed E-state index contributed by atoms with van der Waals surface area (Å²) < 4.78 is 5.37. The molecule has 0 spiro atoms. The fourth-order valence-corrected chi connectivity index (χ4v) is 8.89. The number of hydrogen-bond acceptors (Lipinski definition) is 3. The molecule has 0 aliphatic heterocycles. The van der Waals surface area contributed by atoms with Crippen molar-refractivity contribution in [2.45, 2.75) is 111 Å². The Morgan fingerprint density at radius 3 is 2.47 bits per heavy atom. The highest BCUT2D eigenvalue weighted by molar-refractivity contribution is 5.79. The lowest BCUT2D eigenvalue weighted by atomic mass is 9.44. The number of ether oxygens (including phenoxy) is 1. The zero-order valence-electron chi connectivity index (χ0n) is 20.0. The van der Waals surface area contributed by atoms with E-state index in [9.17, 15) is 9.59 Å². The Balaban J connectivity index is 1.43. The minimum atomic E-state index is -0.0293. The molecule has 30 heavy (non-hydrogen) atoms. The molecule has 8 atom stereocenters. The number of carbonyl (C=O) groups excluding carboxylic acids is 2. The fraction of sp³-hybridized carbons (Fsp3) is 0.926. The normalized spacial score (nSPS) is 44.2. The van der Waals surface area contributed by atoms with Gasteiger partial charge in [0.25, 0.3) is 0 Å². The van der Waals surface area contributed by atoms with Crippen LogP contribution in [-0.2, 0) is 14.3 Å². The van der Waals surface area contributed by atoms with Gasteiger partial charge < -0.3 is 4.74 Å². The molecule has 0 bridgehead atoms. The molecular formula is C27H44O3. The van der Waals surface area contributed by atoms with Crippen molar-refractivity contribution in [3.05, 3.63) is 0 Å². The number of carbonyl (C=O) groups is 2. The van der Waals surface area contributed by atoms with Crippen LogP contribution in [0.25, 0.3) is 0 Å². The van der Waals surface area contributed by atoms with Gasteiger partial charge in [0.1, 0.15) is 5.78 Å². The molecule has 4 aliphatic rings.